The lowest BCUT2D eigenvalue weighted by molar-refractivity contribution is 0.107. The van der Waals surface area contributed by atoms with E-state index < -0.39 is 0 Å². The van der Waals surface area contributed by atoms with Crippen LogP contribution in [0.2, 0.25) is 0 Å². The second-order valence-corrected chi connectivity index (χ2v) is 2.53. The maximum Gasteiger partial charge on any atom is 0.217 e. The Morgan fingerprint density at radius 3 is 3.10 bits per heavy atom. The quantitative estimate of drug-likeness (QED) is 0.303. The summed E-state index contributed by atoms with van der Waals surface area (Å²) in [6.45, 7) is 0. The molecule has 52 valence electrons. The standard InChI is InChI=1S/C6H5NO2S/c8-5(4-7-9)6-2-1-3-10-6/h1-4,9H. The normalized spacial score (nSPS) is 10.4. The molecule has 4 heteroatoms. The van der Waals surface area contributed by atoms with Crippen LogP contribution >= 0.6 is 11.3 Å². The Kier molecular flexibility index (Phi) is 2.17. The minimum atomic E-state index is -0.266. The molecular formula is C6H5NO2S. The van der Waals surface area contributed by atoms with Crippen molar-refractivity contribution in [1.82, 2.24) is 0 Å². The van der Waals surface area contributed by atoms with E-state index in [2.05, 4.69) is 5.16 Å². The number of thiophene rings is 1. The van der Waals surface area contributed by atoms with Gasteiger partial charge in [-0.1, -0.05) is 11.2 Å². The van der Waals surface area contributed by atoms with Gasteiger partial charge in [0, 0.05) is 0 Å². The molecule has 0 amide bonds. The monoisotopic (exact) mass is 155 g/mol. The first kappa shape index (κ1) is 6.95. The highest BCUT2D eigenvalue weighted by atomic mass is 32.1. The van der Waals surface area contributed by atoms with Crippen LogP contribution < -0.4 is 0 Å². The van der Waals surface area contributed by atoms with Crippen molar-refractivity contribution in [2.24, 2.45) is 5.16 Å². The number of carbonyl (C=O) groups excluding carboxylic acids is 1. The first-order chi connectivity index (χ1) is 4.84. The molecule has 1 N–H and O–H groups in total. The highest BCUT2D eigenvalue weighted by Crippen LogP contribution is 2.07. The predicted octanol–water partition coefficient (Wildman–Crippen LogP) is 1.39. The van der Waals surface area contributed by atoms with E-state index in [9.17, 15) is 4.79 Å². The fraction of sp³-hybridized carbons (Fsp3) is 0. The fourth-order valence-corrected chi connectivity index (χ4v) is 1.16. The lowest BCUT2D eigenvalue weighted by Gasteiger charge is -1.82. The van der Waals surface area contributed by atoms with Crippen molar-refractivity contribution >= 4 is 23.3 Å². The van der Waals surface area contributed by atoms with Crippen molar-refractivity contribution < 1.29 is 10.0 Å². The lowest BCUT2D eigenvalue weighted by atomic mass is 10.3. The smallest absolute Gasteiger partial charge is 0.217 e. The Labute approximate surface area is 61.6 Å². The Bertz CT molecular complexity index is 240. The summed E-state index contributed by atoms with van der Waals surface area (Å²) in [4.78, 5) is 11.4. The maximum absolute atomic E-state index is 10.8. The molecular weight excluding hydrogens is 150 g/mol. The number of carbonyl (C=O) groups is 1. The van der Waals surface area contributed by atoms with E-state index in [-0.39, 0.29) is 5.78 Å². The van der Waals surface area contributed by atoms with Gasteiger partial charge in [0.15, 0.2) is 0 Å². The van der Waals surface area contributed by atoms with Crippen LogP contribution in [0.1, 0.15) is 9.67 Å². The van der Waals surface area contributed by atoms with Crippen molar-refractivity contribution in [3.8, 4) is 0 Å². The average Bonchev–Trinajstić information content (AvgIpc) is 2.38. The third-order valence-electron chi connectivity index (χ3n) is 0.939. The molecule has 0 aliphatic carbocycles. The third kappa shape index (κ3) is 1.41. The van der Waals surface area contributed by atoms with E-state index >= 15 is 0 Å². The topological polar surface area (TPSA) is 49.7 Å². The highest BCUT2D eigenvalue weighted by Gasteiger charge is 2.01. The van der Waals surface area contributed by atoms with Gasteiger partial charge in [0.1, 0.15) is 6.21 Å². The Balaban J connectivity index is 2.78. The van der Waals surface area contributed by atoms with Crippen LogP contribution in [-0.4, -0.2) is 17.2 Å². The number of Topliss-reactive ketones (excluding diaryl/α,β-unsaturated/α-hetero) is 1. The van der Waals surface area contributed by atoms with Crippen molar-refractivity contribution in [3.63, 3.8) is 0 Å². The molecule has 0 unspecified atom stereocenters. The van der Waals surface area contributed by atoms with Gasteiger partial charge in [0.05, 0.1) is 4.88 Å². The first-order valence-electron chi connectivity index (χ1n) is 2.60. The summed E-state index contributed by atoms with van der Waals surface area (Å²) >= 11 is 1.32. The van der Waals surface area contributed by atoms with Crippen LogP contribution in [0.25, 0.3) is 0 Å². The predicted molar refractivity (Wildman–Crippen MR) is 38.9 cm³/mol. The third-order valence-corrected chi connectivity index (χ3v) is 1.82. The fourth-order valence-electron chi connectivity index (χ4n) is 0.535. The van der Waals surface area contributed by atoms with Crippen molar-refractivity contribution in [2.45, 2.75) is 0 Å². The molecule has 0 atom stereocenters. The molecule has 1 rings (SSSR count). The summed E-state index contributed by atoms with van der Waals surface area (Å²) in [5, 5.41) is 12.4. The molecule has 10 heavy (non-hydrogen) atoms. The number of nitrogens with zero attached hydrogens (tertiary/aromatic N) is 1. The number of rotatable bonds is 2. The summed E-state index contributed by atoms with van der Waals surface area (Å²) in [6.07, 6.45) is 0.881. The van der Waals surface area contributed by atoms with E-state index in [0.29, 0.717) is 4.88 Å². The van der Waals surface area contributed by atoms with Gasteiger partial charge >= 0.3 is 0 Å². The van der Waals surface area contributed by atoms with Gasteiger partial charge in [-0.05, 0) is 11.4 Å². The van der Waals surface area contributed by atoms with Crippen LogP contribution in [0.5, 0.6) is 0 Å². The second-order valence-electron chi connectivity index (χ2n) is 1.59. The van der Waals surface area contributed by atoms with Crippen LogP contribution in [0.3, 0.4) is 0 Å². The molecule has 0 aliphatic rings. The Morgan fingerprint density at radius 2 is 2.60 bits per heavy atom. The van der Waals surface area contributed by atoms with Crippen molar-refractivity contribution in [2.75, 3.05) is 0 Å². The van der Waals surface area contributed by atoms with Gasteiger partial charge in [-0.3, -0.25) is 4.79 Å². The molecule has 1 aromatic rings. The summed E-state index contributed by atoms with van der Waals surface area (Å²) in [6, 6.07) is 3.44. The average molecular weight is 155 g/mol. The first-order valence-corrected chi connectivity index (χ1v) is 3.48. The minimum Gasteiger partial charge on any atom is -0.411 e. The highest BCUT2D eigenvalue weighted by molar-refractivity contribution is 7.12. The van der Waals surface area contributed by atoms with E-state index in [1.54, 1.807) is 17.5 Å². The van der Waals surface area contributed by atoms with Gasteiger partial charge in [0.2, 0.25) is 5.78 Å². The van der Waals surface area contributed by atoms with Gasteiger partial charge in [-0.25, -0.2) is 0 Å². The van der Waals surface area contributed by atoms with Gasteiger partial charge < -0.3 is 5.21 Å². The van der Waals surface area contributed by atoms with Gasteiger partial charge in [-0.2, -0.15) is 0 Å². The molecule has 0 spiro atoms. The second kappa shape index (κ2) is 3.12. The molecule has 0 aliphatic heterocycles. The maximum atomic E-state index is 10.8. The summed E-state index contributed by atoms with van der Waals surface area (Å²) < 4.78 is 0. The van der Waals surface area contributed by atoms with Crippen molar-refractivity contribution in [1.29, 1.82) is 0 Å². The number of hydrogen-bond acceptors (Lipinski definition) is 4. The SMILES string of the molecule is O=C(C=NO)c1cccs1. The van der Waals surface area contributed by atoms with Crippen LogP contribution in [0.15, 0.2) is 22.7 Å². The van der Waals surface area contributed by atoms with Crippen LogP contribution in [-0.2, 0) is 0 Å². The van der Waals surface area contributed by atoms with Gasteiger partial charge in [-0.15, -0.1) is 11.3 Å². The largest absolute Gasteiger partial charge is 0.411 e. The molecule has 1 aromatic heterocycles. The van der Waals surface area contributed by atoms with Crippen LogP contribution in [0.4, 0.5) is 0 Å². The molecule has 0 aromatic carbocycles. The molecule has 0 saturated heterocycles. The lowest BCUT2D eigenvalue weighted by Crippen LogP contribution is -1.95. The molecule has 1 heterocycles. The van der Waals surface area contributed by atoms with Crippen molar-refractivity contribution in [3.05, 3.63) is 22.4 Å². The zero-order valence-corrected chi connectivity index (χ0v) is 5.84. The van der Waals surface area contributed by atoms with E-state index in [1.165, 1.54) is 11.3 Å². The minimum absolute atomic E-state index is 0.266. The molecule has 0 radical (unpaired) electrons. The zero-order chi connectivity index (χ0) is 7.40. The summed E-state index contributed by atoms with van der Waals surface area (Å²) in [7, 11) is 0. The molecule has 3 nitrogen and oxygen atoms in total. The van der Waals surface area contributed by atoms with E-state index in [4.69, 9.17) is 5.21 Å². The summed E-state index contributed by atoms with van der Waals surface area (Å²) in [5.41, 5.74) is 0. The summed E-state index contributed by atoms with van der Waals surface area (Å²) in [5.74, 6) is -0.266. The molecule has 0 saturated carbocycles. The molecule has 0 fully saturated rings. The molecule has 0 bridgehead atoms. The Morgan fingerprint density at radius 1 is 1.80 bits per heavy atom. The number of hydrogen-bond donors (Lipinski definition) is 1. The Hall–Kier alpha value is -1.16. The number of ketones is 1. The zero-order valence-electron chi connectivity index (χ0n) is 5.02. The van der Waals surface area contributed by atoms with Gasteiger partial charge in [0.25, 0.3) is 0 Å². The van der Waals surface area contributed by atoms with E-state index in [0.717, 1.165) is 6.21 Å². The van der Waals surface area contributed by atoms with Crippen LogP contribution in [0, 0.1) is 0 Å². The van der Waals surface area contributed by atoms with E-state index in [1.807, 2.05) is 0 Å². The number of oxime groups is 1.